The van der Waals surface area contributed by atoms with E-state index in [1.165, 1.54) is 0 Å². The van der Waals surface area contributed by atoms with E-state index in [0.717, 1.165) is 42.0 Å². The normalized spacial score (nSPS) is 19.1. The molecule has 5 rings (SSSR count). The zero-order valence-electron chi connectivity index (χ0n) is 20.0. The van der Waals surface area contributed by atoms with Crippen LogP contribution in [0.15, 0.2) is 60.9 Å². The molecule has 2 aliphatic rings. The highest BCUT2D eigenvalue weighted by molar-refractivity contribution is 6.03. The lowest BCUT2D eigenvalue weighted by molar-refractivity contribution is -0.117. The molecule has 0 bridgehead atoms. The number of urea groups is 1. The quantitative estimate of drug-likeness (QED) is 0.577. The highest BCUT2D eigenvalue weighted by Gasteiger charge is 2.29. The summed E-state index contributed by atoms with van der Waals surface area (Å²) in [5, 5.41) is 2.95. The van der Waals surface area contributed by atoms with Crippen molar-refractivity contribution in [1.29, 1.82) is 0 Å². The fourth-order valence-electron chi connectivity index (χ4n) is 4.75. The smallest absolute Gasteiger partial charge is 0.326 e. The first-order valence-electron chi connectivity index (χ1n) is 12.0. The molecule has 8 nitrogen and oxygen atoms in total. The number of hydrogen-bond acceptors (Lipinski definition) is 6. The summed E-state index contributed by atoms with van der Waals surface area (Å²) in [5.41, 5.74) is 3.27. The molecule has 0 aliphatic carbocycles. The Morgan fingerprint density at radius 1 is 1.06 bits per heavy atom. The van der Waals surface area contributed by atoms with E-state index in [1.54, 1.807) is 11.8 Å². The fraction of sp³-hybridized carbons (Fsp3) is 0.333. The molecule has 1 saturated heterocycles. The number of amides is 2. The highest BCUT2D eigenvalue weighted by atomic mass is 16.5. The number of nitrogens with zero attached hydrogens (tertiary/aromatic N) is 4. The van der Waals surface area contributed by atoms with Crippen LogP contribution in [-0.2, 0) is 4.79 Å². The average Bonchev–Trinajstić information content (AvgIpc) is 3.31. The largest absolute Gasteiger partial charge is 0.487 e. The molecule has 1 aromatic heterocycles. The Kier molecular flexibility index (Phi) is 6.35. The molecule has 2 aliphatic heterocycles. The Hall–Kier alpha value is -3.94. The predicted molar refractivity (Wildman–Crippen MR) is 136 cm³/mol. The van der Waals surface area contributed by atoms with Crippen molar-refractivity contribution in [3.8, 4) is 16.9 Å². The van der Waals surface area contributed by atoms with Gasteiger partial charge in [-0.05, 0) is 56.0 Å². The number of carbonyl (C=O) groups is 2. The number of benzene rings is 2. The van der Waals surface area contributed by atoms with Crippen LogP contribution < -0.4 is 19.9 Å². The number of para-hydroxylation sites is 1. The van der Waals surface area contributed by atoms with Gasteiger partial charge in [-0.15, -0.1) is 0 Å². The summed E-state index contributed by atoms with van der Waals surface area (Å²) in [4.78, 5) is 37.4. The van der Waals surface area contributed by atoms with Gasteiger partial charge in [-0.25, -0.2) is 14.8 Å². The van der Waals surface area contributed by atoms with Gasteiger partial charge in [0.2, 0.25) is 5.95 Å². The molecule has 35 heavy (non-hydrogen) atoms. The van der Waals surface area contributed by atoms with E-state index in [0.29, 0.717) is 30.6 Å². The predicted octanol–water partition coefficient (Wildman–Crippen LogP) is 4.77. The summed E-state index contributed by atoms with van der Waals surface area (Å²) in [6.07, 6.45) is 5.08. The van der Waals surface area contributed by atoms with Crippen LogP contribution in [0.5, 0.6) is 5.75 Å². The van der Waals surface area contributed by atoms with Crippen LogP contribution in [0.2, 0.25) is 0 Å². The molecule has 0 saturated carbocycles. The van der Waals surface area contributed by atoms with E-state index in [1.807, 2.05) is 67.8 Å². The van der Waals surface area contributed by atoms with Crippen LogP contribution in [-0.4, -0.2) is 47.5 Å². The molecule has 180 valence electrons. The van der Waals surface area contributed by atoms with Crippen LogP contribution in [0, 0.1) is 5.92 Å². The average molecular weight is 472 g/mol. The minimum absolute atomic E-state index is 0.143. The number of carbonyl (C=O) groups excluding carboxylic acids is 2. The van der Waals surface area contributed by atoms with E-state index in [9.17, 15) is 9.59 Å². The number of hydrogen-bond donors (Lipinski definition) is 1. The molecule has 3 heterocycles. The minimum atomic E-state index is -0.193. The lowest BCUT2D eigenvalue weighted by Crippen LogP contribution is -2.44. The van der Waals surface area contributed by atoms with Crippen molar-refractivity contribution in [3.63, 3.8) is 0 Å². The molecule has 3 aromatic rings. The van der Waals surface area contributed by atoms with Crippen molar-refractivity contribution >= 4 is 29.1 Å². The molecule has 2 atom stereocenters. The molecular formula is C27H29N5O3. The van der Waals surface area contributed by atoms with Gasteiger partial charge in [-0.2, -0.15) is 0 Å². The van der Waals surface area contributed by atoms with Crippen molar-refractivity contribution in [2.24, 2.45) is 5.92 Å². The van der Waals surface area contributed by atoms with E-state index in [-0.39, 0.29) is 17.9 Å². The monoisotopic (exact) mass is 471 g/mol. The van der Waals surface area contributed by atoms with Gasteiger partial charge in [0.05, 0.1) is 12.2 Å². The second-order valence-corrected chi connectivity index (χ2v) is 9.30. The second kappa shape index (κ2) is 9.74. The first-order valence-corrected chi connectivity index (χ1v) is 12.0. The SMILES string of the molecule is CC(=O)CC1CCN(c2ncc(-c3ccc4c(c3)OC(C)CN4C(=O)Nc3ccccc3)cn2)C1. The van der Waals surface area contributed by atoms with Crippen molar-refractivity contribution in [2.75, 3.05) is 34.8 Å². The van der Waals surface area contributed by atoms with Crippen LogP contribution in [0.4, 0.5) is 22.1 Å². The third-order valence-electron chi connectivity index (χ3n) is 6.41. The number of ether oxygens (including phenoxy) is 1. The number of rotatable bonds is 5. The van der Waals surface area contributed by atoms with Gasteiger partial charge < -0.3 is 19.7 Å². The lowest BCUT2D eigenvalue weighted by Gasteiger charge is -2.33. The summed E-state index contributed by atoms with van der Waals surface area (Å²) in [6.45, 7) is 5.73. The standard InChI is InChI=1S/C27H29N5O3/c1-18(33)12-20-10-11-31(17-20)26-28-14-22(15-29-26)21-8-9-24-25(13-21)35-19(2)16-32(24)27(34)30-23-6-4-3-5-7-23/h3-9,13-15,19-20H,10-12,16-17H2,1-2H3,(H,30,34). The number of nitrogens with one attached hydrogen (secondary N) is 1. The Labute approximate surface area is 204 Å². The van der Waals surface area contributed by atoms with Crippen LogP contribution in [0.3, 0.4) is 0 Å². The number of anilines is 3. The number of fused-ring (bicyclic) bond motifs is 1. The zero-order chi connectivity index (χ0) is 24.4. The Morgan fingerprint density at radius 3 is 2.57 bits per heavy atom. The molecular weight excluding hydrogens is 442 g/mol. The van der Waals surface area contributed by atoms with Crippen LogP contribution in [0.25, 0.3) is 11.1 Å². The summed E-state index contributed by atoms with van der Waals surface area (Å²) in [7, 11) is 0. The Morgan fingerprint density at radius 2 is 1.83 bits per heavy atom. The van der Waals surface area contributed by atoms with E-state index < -0.39 is 0 Å². The molecule has 2 aromatic carbocycles. The van der Waals surface area contributed by atoms with E-state index in [4.69, 9.17) is 4.74 Å². The van der Waals surface area contributed by atoms with Gasteiger partial charge >= 0.3 is 6.03 Å². The van der Waals surface area contributed by atoms with Gasteiger partial charge in [-0.3, -0.25) is 4.90 Å². The van der Waals surface area contributed by atoms with E-state index in [2.05, 4.69) is 20.2 Å². The van der Waals surface area contributed by atoms with Crippen LogP contribution in [0.1, 0.15) is 26.7 Å². The first-order chi connectivity index (χ1) is 17.0. The van der Waals surface area contributed by atoms with Crippen molar-refractivity contribution in [2.45, 2.75) is 32.8 Å². The maximum absolute atomic E-state index is 13.0. The molecule has 0 radical (unpaired) electrons. The van der Waals surface area contributed by atoms with Gasteiger partial charge in [0.25, 0.3) is 0 Å². The summed E-state index contributed by atoms with van der Waals surface area (Å²) < 4.78 is 6.07. The second-order valence-electron chi connectivity index (χ2n) is 9.30. The van der Waals surface area contributed by atoms with Gasteiger partial charge in [-0.1, -0.05) is 24.3 Å². The minimum Gasteiger partial charge on any atom is -0.487 e. The molecule has 2 unspecified atom stereocenters. The van der Waals surface area contributed by atoms with E-state index >= 15 is 0 Å². The molecule has 1 fully saturated rings. The van der Waals surface area contributed by atoms with Crippen molar-refractivity contribution in [1.82, 2.24) is 9.97 Å². The number of aromatic nitrogens is 2. The first kappa shape index (κ1) is 22.8. The maximum atomic E-state index is 13.0. The molecule has 8 heteroatoms. The molecule has 2 amide bonds. The van der Waals surface area contributed by atoms with Gasteiger partial charge in [0.15, 0.2) is 0 Å². The third kappa shape index (κ3) is 5.11. The lowest BCUT2D eigenvalue weighted by atomic mass is 10.0. The van der Waals surface area contributed by atoms with Crippen molar-refractivity contribution < 1.29 is 14.3 Å². The van der Waals surface area contributed by atoms with Crippen molar-refractivity contribution in [3.05, 3.63) is 60.9 Å². The van der Waals surface area contributed by atoms with Gasteiger partial charge in [0, 0.05) is 43.2 Å². The number of ketones is 1. The summed E-state index contributed by atoms with van der Waals surface area (Å²) in [6, 6.07) is 15.0. The molecule has 1 N–H and O–H groups in total. The topological polar surface area (TPSA) is 87.7 Å². The van der Waals surface area contributed by atoms with Gasteiger partial charge in [0.1, 0.15) is 17.6 Å². The highest BCUT2D eigenvalue weighted by Crippen LogP contribution is 2.37. The third-order valence-corrected chi connectivity index (χ3v) is 6.41. The number of Topliss-reactive ketones (excluding diaryl/α,β-unsaturated/α-hetero) is 1. The van der Waals surface area contributed by atoms with Crippen LogP contribution >= 0.6 is 0 Å². The zero-order valence-corrected chi connectivity index (χ0v) is 20.0. The fourth-order valence-corrected chi connectivity index (χ4v) is 4.75. The Bertz CT molecular complexity index is 1220. The molecule has 0 spiro atoms. The summed E-state index contributed by atoms with van der Waals surface area (Å²) in [5.74, 6) is 1.94. The maximum Gasteiger partial charge on any atom is 0.326 e. The Balaban J connectivity index is 1.32. The summed E-state index contributed by atoms with van der Waals surface area (Å²) >= 11 is 0.